The first kappa shape index (κ1) is 20.3. The van der Waals surface area contributed by atoms with Crippen molar-refractivity contribution in [3.8, 4) is 0 Å². The number of fused-ring (bicyclic) bond motifs is 1. The Morgan fingerprint density at radius 3 is 2.53 bits per heavy atom. The van der Waals surface area contributed by atoms with Crippen LogP contribution in [0, 0.1) is 0 Å². The van der Waals surface area contributed by atoms with Crippen molar-refractivity contribution < 1.29 is 13.2 Å². The van der Waals surface area contributed by atoms with Crippen molar-refractivity contribution in [1.82, 2.24) is 14.6 Å². The first-order valence-electron chi connectivity index (χ1n) is 9.81. The second-order valence-corrected chi connectivity index (χ2v) is 9.69. The van der Waals surface area contributed by atoms with Gasteiger partial charge in [0.2, 0.25) is 10.0 Å². The van der Waals surface area contributed by atoms with E-state index in [1.807, 2.05) is 24.3 Å². The number of benzene rings is 2. The van der Waals surface area contributed by atoms with Gasteiger partial charge in [0.1, 0.15) is 5.82 Å². The predicted molar refractivity (Wildman–Crippen MR) is 117 cm³/mol. The summed E-state index contributed by atoms with van der Waals surface area (Å²) < 4.78 is 26.4. The number of carbonyl (C=O) groups excluding carboxylic acids is 1. The normalized spacial score (nSPS) is 14.1. The maximum absolute atomic E-state index is 12.7. The van der Waals surface area contributed by atoms with E-state index in [9.17, 15) is 13.2 Å². The summed E-state index contributed by atoms with van der Waals surface area (Å²) >= 11 is 0. The third-order valence-electron chi connectivity index (χ3n) is 5.06. The summed E-state index contributed by atoms with van der Waals surface area (Å²) in [5.74, 6) is 0.404. The zero-order valence-electron chi connectivity index (χ0n) is 16.9. The lowest BCUT2D eigenvalue weighted by atomic mass is 10.1. The molecule has 1 aromatic heterocycles. The summed E-state index contributed by atoms with van der Waals surface area (Å²) in [6, 6.07) is 16.3. The smallest absolute Gasteiger partial charge is 0.252 e. The molecule has 1 heterocycles. The second kappa shape index (κ2) is 8.04. The molecule has 7 nitrogen and oxygen atoms in total. The topological polar surface area (TPSA) is 91.4 Å². The molecule has 1 aliphatic rings. The van der Waals surface area contributed by atoms with E-state index in [0.29, 0.717) is 22.5 Å². The van der Waals surface area contributed by atoms with Crippen molar-refractivity contribution in [2.24, 2.45) is 0 Å². The van der Waals surface area contributed by atoms with E-state index in [-0.39, 0.29) is 23.4 Å². The summed E-state index contributed by atoms with van der Waals surface area (Å²) in [5, 5.41) is 7.01. The Hall–Kier alpha value is -2.97. The van der Waals surface area contributed by atoms with Crippen LogP contribution in [0.1, 0.15) is 28.8 Å². The first-order valence-corrected chi connectivity index (χ1v) is 11.3. The molecule has 1 saturated carbocycles. The van der Waals surface area contributed by atoms with Crippen LogP contribution in [-0.4, -0.2) is 43.8 Å². The number of hydrogen-bond donors (Lipinski definition) is 2. The van der Waals surface area contributed by atoms with E-state index < -0.39 is 10.0 Å². The Kier molecular flexibility index (Phi) is 5.44. The van der Waals surface area contributed by atoms with Crippen LogP contribution in [0.4, 0.5) is 5.82 Å². The van der Waals surface area contributed by atoms with E-state index in [1.54, 1.807) is 30.3 Å². The van der Waals surface area contributed by atoms with Crippen molar-refractivity contribution in [3.63, 3.8) is 0 Å². The summed E-state index contributed by atoms with van der Waals surface area (Å²) in [6.07, 6.45) is 2.02. The van der Waals surface area contributed by atoms with Gasteiger partial charge in [-0.15, -0.1) is 0 Å². The van der Waals surface area contributed by atoms with Crippen molar-refractivity contribution in [2.75, 3.05) is 19.4 Å². The van der Waals surface area contributed by atoms with Gasteiger partial charge in [-0.25, -0.2) is 17.7 Å². The Morgan fingerprint density at radius 1 is 1.10 bits per heavy atom. The average molecular weight is 425 g/mol. The van der Waals surface area contributed by atoms with Gasteiger partial charge in [-0.05, 0) is 36.6 Å². The molecule has 8 heteroatoms. The summed E-state index contributed by atoms with van der Waals surface area (Å²) in [6.45, 7) is 0.262. The Bertz CT molecular complexity index is 1200. The Morgan fingerprint density at radius 2 is 1.80 bits per heavy atom. The van der Waals surface area contributed by atoms with Crippen LogP contribution in [0.5, 0.6) is 0 Å². The number of anilines is 1. The molecule has 1 fully saturated rings. The number of aromatic nitrogens is 1. The SMILES string of the molecule is CN(C)S(=O)(=O)c1ccccc1CNc1cc(C(=O)NC2CC2)c2ccccc2n1. The molecule has 0 spiro atoms. The maximum Gasteiger partial charge on any atom is 0.252 e. The molecule has 2 aromatic carbocycles. The van der Waals surface area contributed by atoms with Gasteiger partial charge in [0.05, 0.1) is 16.0 Å². The van der Waals surface area contributed by atoms with Crippen LogP contribution in [0.3, 0.4) is 0 Å². The van der Waals surface area contributed by atoms with Crippen LogP contribution in [0.25, 0.3) is 10.9 Å². The van der Waals surface area contributed by atoms with Gasteiger partial charge in [0.15, 0.2) is 0 Å². The minimum atomic E-state index is -3.57. The highest BCUT2D eigenvalue weighted by molar-refractivity contribution is 7.89. The fourth-order valence-corrected chi connectivity index (χ4v) is 4.34. The number of rotatable bonds is 7. The predicted octanol–water partition coefficient (Wildman–Crippen LogP) is 2.99. The molecule has 4 rings (SSSR count). The highest BCUT2D eigenvalue weighted by Crippen LogP contribution is 2.25. The van der Waals surface area contributed by atoms with Gasteiger partial charge >= 0.3 is 0 Å². The summed E-state index contributed by atoms with van der Waals surface area (Å²) in [5.41, 5.74) is 1.90. The van der Waals surface area contributed by atoms with Crippen LogP contribution in [0.15, 0.2) is 59.5 Å². The van der Waals surface area contributed by atoms with Crippen molar-refractivity contribution in [2.45, 2.75) is 30.3 Å². The van der Waals surface area contributed by atoms with Crippen LogP contribution < -0.4 is 10.6 Å². The Labute approximate surface area is 176 Å². The van der Waals surface area contributed by atoms with E-state index in [1.165, 1.54) is 18.4 Å². The third-order valence-corrected chi connectivity index (χ3v) is 6.98. The van der Waals surface area contributed by atoms with E-state index in [0.717, 1.165) is 18.2 Å². The number of nitrogens with one attached hydrogen (secondary N) is 2. The third kappa shape index (κ3) is 4.15. The zero-order chi connectivity index (χ0) is 21.3. The lowest BCUT2D eigenvalue weighted by molar-refractivity contribution is 0.0952. The fraction of sp³-hybridized carbons (Fsp3) is 0.273. The van der Waals surface area contributed by atoms with Gasteiger partial charge < -0.3 is 10.6 Å². The molecule has 0 unspecified atom stereocenters. The van der Waals surface area contributed by atoms with Gasteiger partial charge in [0.25, 0.3) is 5.91 Å². The van der Waals surface area contributed by atoms with Crippen molar-refractivity contribution >= 4 is 32.7 Å². The Balaban J connectivity index is 1.65. The molecule has 1 amide bonds. The van der Waals surface area contributed by atoms with Gasteiger partial charge in [0, 0.05) is 32.1 Å². The van der Waals surface area contributed by atoms with Crippen LogP contribution >= 0.6 is 0 Å². The highest BCUT2D eigenvalue weighted by atomic mass is 32.2. The molecular weight excluding hydrogens is 400 g/mol. The lowest BCUT2D eigenvalue weighted by Crippen LogP contribution is -2.26. The minimum absolute atomic E-state index is 0.116. The number of pyridine rings is 1. The monoisotopic (exact) mass is 424 g/mol. The number of nitrogens with zero attached hydrogens (tertiary/aromatic N) is 2. The maximum atomic E-state index is 12.7. The molecule has 0 atom stereocenters. The fourth-order valence-electron chi connectivity index (χ4n) is 3.23. The second-order valence-electron chi connectivity index (χ2n) is 7.57. The summed E-state index contributed by atoms with van der Waals surface area (Å²) in [7, 11) is -0.548. The molecule has 0 bridgehead atoms. The van der Waals surface area contributed by atoms with Crippen molar-refractivity contribution in [1.29, 1.82) is 0 Å². The standard InChI is InChI=1S/C22H24N4O3S/c1-26(2)30(28,29)20-10-6-3-7-15(20)14-23-21-13-18(22(27)24-16-11-12-16)17-8-4-5-9-19(17)25-21/h3-10,13,16H,11-12,14H2,1-2H3,(H,23,25)(H,24,27). The molecule has 30 heavy (non-hydrogen) atoms. The minimum Gasteiger partial charge on any atom is -0.366 e. The van der Waals surface area contributed by atoms with Gasteiger partial charge in [-0.3, -0.25) is 4.79 Å². The molecule has 2 N–H and O–H groups in total. The number of amides is 1. The van der Waals surface area contributed by atoms with Gasteiger partial charge in [-0.1, -0.05) is 36.4 Å². The molecule has 156 valence electrons. The number of carbonyl (C=O) groups is 1. The largest absolute Gasteiger partial charge is 0.366 e. The molecule has 3 aromatic rings. The van der Waals surface area contributed by atoms with E-state index in [4.69, 9.17) is 0 Å². The van der Waals surface area contributed by atoms with Crippen LogP contribution in [0.2, 0.25) is 0 Å². The highest BCUT2D eigenvalue weighted by Gasteiger charge is 2.25. The molecule has 1 aliphatic carbocycles. The molecule has 0 radical (unpaired) electrons. The molecule has 0 aliphatic heterocycles. The molecule has 0 saturated heterocycles. The molecular formula is C22H24N4O3S. The van der Waals surface area contributed by atoms with E-state index >= 15 is 0 Å². The summed E-state index contributed by atoms with van der Waals surface area (Å²) in [4.78, 5) is 17.6. The number of para-hydroxylation sites is 1. The van der Waals surface area contributed by atoms with Gasteiger partial charge in [-0.2, -0.15) is 0 Å². The van der Waals surface area contributed by atoms with E-state index in [2.05, 4.69) is 15.6 Å². The quantitative estimate of drug-likeness (QED) is 0.608. The average Bonchev–Trinajstić information content (AvgIpc) is 3.55. The van der Waals surface area contributed by atoms with Crippen LogP contribution in [-0.2, 0) is 16.6 Å². The number of sulfonamides is 1. The lowest BCUT2D eigenvalue weighted by Gasteiger charge is -2.16. The first-order chi connectivity index (χ1) is 14.4. The van der Waals surface area contributed by atoms with Crippen molar-refractivity contribution in [3.05, 3.63) is 65.7 Å². The zero-order valence-corrected chi connectivity index (χ0v) is 17.7. The number of hydrogen-bond acceptors (Lipinski definition) is 5.